The molecule has 3 heteroatoms. The van der Waals surface area contributed by atoms with Crippen LogP contribution in [0.5, 0.6) is 0 Å². The summed E-state index contributed by atoms with van der Waals surface area (Å²) < 4.78 is 5.42. The van der Waals surface area contributed by atoms with E-state index < -0.39 is 0 Å². The van der Waals surface area contributed by atoms with Crippen molar-refractivity contribution < 1.29 is 4.74 Å². The number of nitrogens with one attached hydrogen (secondary N) is 1. The smallest absolute Gasteiger partial charge is 0.0477 e. The predicted molar refractivity (Wildman–Crippen MR) is 80.4 cm³/mol. The standard InChI is InChI=1S/C16H32N2O/c1-4-19-10-6-9-17-16-14-7-5-8-15(16)12-18(11-14)13(2)3/h13-17H,4-12H2,1-3H3. The quantitative estimate of drug-likeness (QED) is 0.718. The number of hydrogen-bond acceptors (Lipinski definition) is 3. The summed E-state index contributed by atoms with van der Waals surface area (Å²) in [5, 5.41) is 3.84. The molecule has 2 unspecified atom stereocenters. The molecule has 1 aliphatic carbocycles. The van der Waals surface area contributed by atoms with Crippen LogP contribution in [0.25, 0.3) is 0 Å². The predicted octanol–water partition coefficient (Wildman–Crippen LogP) is 2.51. The fourth-order valence-corrected chi connectivity index (χ4v) is 3.82. The summed E-state index contributed by atoms with van der Waals surface area (Å²) in [5.74, 6) is 1.75. The molecule has 1 N–H and O–H groups in total. The van der Waals surface area contributed by atoms with E-state index in [0.717, 1.165) is 44.1 Å². The molecule has 1 aliphatic heterocycles. The minimum absolute atomic E-state index is 0.710. The van der Waals surface area contributed by atoms with Crippen molar-refractivity contribution in [3.63, 3.8) is 0 Å². The lowest BCUT2D eigenvalue weighted by atomic mass is 9.73. The van der Waals surface area contributed by atoms with Crippen molar-refractivity contribution in [3.05, 3.63) is 0 Å². The van der Waals surface area contributed by atoms with E-state index >= 15 is 0 Å². The average Bonchev–Trinajstić information content (AvgIpc) is 2.37. The highest BCUT2D eigenvalue weighted by molar-refractivity contribution is 4.95. The van der Waals surface area contributed by atoms with Gasteiger partial charge in [-0.2, -0.15) is 0 Å². The second-order valence-electron chi connectivity index (χ2n) is 6.53. The van der Waals surface area contributed by atoms with Gasteiger partial charge in [0.1, 0.15) is 0 Å². The van der Waals surface area contributed by atoms with Crippen LogP contribution in [0.3, 0.4) is 0 Å². The average molecular weight is 268 g/mol. The van der Waals surface area contributed by atoms with E-state index in [1.54, 1.807) is 0 Å². The third-order valence-electron chi connectivity index (χ3n) is 4.88. The van der Waals surface area contributed by atoms with Gasteiger partial charge in [0.05, 0.1) is 0 Å². The first-order valence-electron chi connectivity index (χ1n) is 8.27. The topological polar surface area (TPSA) is 24.5 Å². The molecule has 0 amide bonds. The zero-order valence-electron chi connectivity index (χ0n) is 13.0. The highest BCUT2D eigenvalue weighted by atomic mass is 16.5. The summed E-state index contributed by atoms with van der Waals surface area (Å²) in [7, 11) is 0. The Morgan fingerprint density at radius 2 is 1.89 bits per heavy atom. The van der Waals surface area contributed by atoms with Crippen molar-refractivity contribution in [2.45, 2.75) is 58.5 Å². The lowest BCUT2D eigenvalue weighted by Crippen LogP contribution is -2.58. The maximum absolute atomic E-state index is 5.42. The number of nitrogens with zero attached hydrogens (tertiary/aromatic N) is 1. The first-order chi connectivity index (χ1) is 9.22. The third-order valence-corrected chi connectivity index (χ3v) is 4.88. The molecule has 1 saturated carbocycles. The van der Waals surface area contributed by atoms with E-state index in [1.807, 2.05) is 0 Å². The number of likely N-dealkylation sites (tertiary alicyclic amines) is 1. The van der Waals surface area contributed by atoms with Crippen LogP contribution in [0.1, 0.15) is 46.5 Å². The molecule has 2 bridgehead atoms. The van der Waals surface area contributed by atoms with Gasteiger partial charge in [-0.25, -0.2) is 0 Å². The van der Waals surface area contributed by atoms with Gasteiger partial charge in [0.2, 0.25) is 0 Å². The lowest BCUT2D eigenvalue weighted by Gasteiger charge is -2.49. The van der Waals surface area contributed by atoms with Crippen LogP contribution in [0.15, 0.2) is 0 Å². The van der Waals surface area contributed by atoms with Gasteiger partial charge in [0.25, 0.3) is 0 Å². The molecule has 2 rings (SSSR count). The Kier molecular flexibility index (Phi) is 6.11. The summed E-state index contributed by atoms with van der Waals surface area (Å²) >= 11 is 0. The molecule has 0 aromatic rings. The maximum atomic E-state index is 5.42. The van der Waals surface area contributed by atoms with Crippen LogP contribution in [-0.4, -0.2) is 49.8 Å². The molecule has 0 spiro atoms. The molecule has 1 saturated heterocycles. The minimum atomic E-state index is 0.710. The third kappa shape index (κ3) is 4.17. The molecular weight excluding hydrogens is 236 g/mol. The SMILES string of the molecule is CCOCCCNC1C2CCCC1CN(C(C)C)C2. The Labute approximate surface area is 119 Å². The number of hydrogen-bond donors (Lipinski definition) is 1. The normalized spacial score (nSPS) is 31.9. The zero-order chi connectivity index (χ0) is 13.7. The Hall–Kier alpha value is -0.120. The fraction of sp³-hybridized carbons (Fsp3) is 1.00. The van der Waals surface area contributed by atoms with Crippen LogP contribution in [0.2, 0.25) is 0 Å². The highest BCUT2D eigenvalue weighted by Crippen LogP contribution is 2.35. The Morgan fingerprint density at radius 3 is 2.47 bits per heavy atom. The molecule has 112 valence electrons. The highest BCUT2D eigenvalue weighted by Gasteiger charge is 2.39. The number of fused-ring (bicyclic) bond motifs is 2. The van der Waals surface area contributed by atoms with Gasteiger partial charge in [0.15, 0.2) is 0 Å². The molecular formula is C16H32N2O. The Bertz CT molecular complexity index is 243. The lowest BCUT2D eigenvalue weighted by molar-refractivity contribution is 0.0287. The van der Waals surface area contributed by atoms with E-state index in [4.69, 9.17) is 4.74 Å². The van der Waals surface area contributed by atoms with E-state index in [2.05, 4.69) is 31.0 Å². The van der Waals surface area contributed by atoms with Crippen LogP contribution < -0.4 is 5.32 Å². The van der Waals surface area contributed by atoms with Gasteiger partial charge < -0.3 is 15.0 Å². The maximum Gasteiger partial charge on any atom is 0.0477 e. The minimum Gasteiger partial charge on any atom is -0.382 e. The largest absolute Gasteiger partial charge is 0.382 e. The van der Waals surface area contributed by atoms with Crippen molar-refractivity contribution in [3.8, 4) is 0 Å². The summed E-state index contributed by atoms with van der Waals surface area (Å²) in [6.07, 6.45) is 5.43. The van der Waals surface area contributed by atoms with E-state index in [9.17, 15) is 0 Å². The van der Waals surface area contributed by atoms with Gasteiger partial charge in [-0.1, -0.05) is 6.42 Å². The van der Waals surface area contributed by atoms with E-state index in [0.29, 0.717) is 6.04 Å². The second-order valence-corrected chi connectivity index (χ2v) is 6.53. The van der Waals surface area contributed by atoms with Crippen LogP contribution in [0, 0.1) is 11.8 Å². The van der Waals surface area contributed by atoms with Crippen molar-refractivity contribution in [2.24, 2.45) is 11.8 Å². The first kappa shape index (κ1) is 15.3. The Balaban J connectivity index is 1.77. The fourth-order valence-electron chi connectivity index (χ4n) is 3.82. The summed E-state index contributed by atoms with van der Waals surface area (Å²) in [4.78, 5) is 2.69. The number of piperidine rings is 1. The van der Waals surface area contributed by atoms with Crippen molar-refractivity contribution in [2.75, 3.05) is 32.8 Å². The van der Waals surface area contributed by atoms with Gasteiger partial charge >= 0.3 is 0 Å². The monoisotopic (exact) mass is 268 g/mol. The molecule has 2 atom stereocenters. The second kappa shape index (κ2) is 7.61. The number of ether oxygens (including phenoxy) is 1. The molecule has 0 aromatic heterocycles. The van der Waals surface area contributed by atoms with Crippen LogP contribution in [0.4, 0.5) is 0 Å². The van der Waals surface area contributed by atoms with Crippen LogP contribution >= 0.6 is 0 Å². The molecule has 0 aromatic carbocycles. The van der Waals surface area contributed by atoms with E-state index in [1.165, 1.54) is 32.4 Å². The molecule has 2 fully saturated rings. The molecule has 0 radical (unpaired) electrons. The molecule has 1 heterocycles. The van der Waals surface area contributed by atoms with Crippen molar-refractivity contribution in [1.29, 1.82) is 0 Å². The summed E-state index contributed by atoms with van der Waals surface area (Å²) in [6, 6.07) is 1.48. The van der Waals surface area contributed by atoms with Crippen molar-refractivity contribution in [1.82, 2.24) is 10.2 Å². The van der Waals surface area contributed by atoms with Crippen LogP contribution in [-0.2, 0) is 4.74 Å². The molecule has 2 aliphatic rings. The zero-order valence-corrected chi connectivity index (χ0v) is 13.0. The van der Waals surface area contributed by atoms with E-state index in [-0.39, 0.29) is 0 Å². The van der Waals surface area contributed by atoms with Gasteiger partial charge in [-0.15, -0.1) is 0 Å². The molecule has 3 nitrogen and oxygen atoms in total. The van der Waals surface area contributed by atoms with Gasteiger partial charge in [-0.05, 0) is 58.4 Å². The van der Waals surface area contributed by atoms with Gasteiger partial charge in [-0.3, -0.25) is 0 Å². The number of rotatable bonds is 7. The first-order valence-corrected chi connectivity index (χ1v) is 8.27. The summed E-state index contributed by atoms with van der Waals surface area (Å²) in [5.41, 5.74) is 0. The van der Waals surface area contributed by atoms with Gasteiger partial charge in [0, 0.05) is 38.4 Å². The Morgan fingerprint density at radius 1 is 1.21 bits per heavy atom. The summed E-state index contributed by atoms with van der Waals surface area (Å²) in [6.45, 7) is 12.2. The molecule has 19 heavy (non-hydrogen) atoms. The van der Waals surface area contributed by atoms with Crippen molar-refractivity contribution >= 4 is 0 Å².